The number of amides is 2. The van der Waals surface area contributed by atoms with E-state index in [1.165, 1.54) is 5.56 Å². The summed E-state index contributed by atoms with van der Waals surface area (Å²) in [5, 5.41) is 5.69. The first-order chi connectivity index (χ1) is 9.15. The molecule has 2 rings (SSSR count). The Morgan fingerprint density at radius 3 is 2.68 bits per heavy atom. The Balaban J connectivity index is 1.90. The second-order valence-electron chi connectivity index (χ2n) is 4.28. The van der Waals surface area contributed by atoms with E-state index in [2.05, 4.69) is 39.3 Å². The molecule has 19 heavy (non-hydrogen) atoms. The number of nitrogens with one attached hydrogen (secondary N) is 2. The van der Waals surface area contributed by atoms with E-state index in [9.17, 15) is 4.79 Å². The first-order valence-corrected chi connectivity index (χ1v) is 7.08. The van der Waals surface area contributed by atoms with Gasteiger partial charge in [-0.25, -0.2) is 4.79 Å². The number of carbonyl (C=O) groups excluding carboxylic acids is 1. The van der Waals surface area contributed by atoms with Crippen LogP contribution in [0.1, 0.15) is 11.1 Å². The maximum absolute atomic E-state index is 11.8. The summed E-state index contributed by atoms with van der Waals surface area (Å²) < 4.78 is 1.02. The highest BCUT2D eigenvalue weighted by atomic mass is 127. The molecule has 0 fully saturated rings. The molecule has 0 spiro atoms. The van der Waals surface area contributed by atoms with Crippen LogP contribution >= 0.6 is 22.6 Å². The fraction of sp³-hybridized carbons (Fsp3) is 0.133. The highest BCUT2D eigenvalue weighted by Crippen LogP contribution is 2.16. The second kappa shape index (κ2) is 6.56. The van der Waals surface area contributed by atoms with E-state index in [-0.39, 0.29) is 6.03 Å². The number of hydrogen-bond donors (Lipinski definition) is 2. The third-order valence-corrected chi connectivity index (χ3v) is 3.60. The average molecular weight is 366 g/mol. The van der Waals surface area contributed by atoms with Crippen molar-refractivity contribution in [1.82, 2.24) is 5.32 Å². The molecule has 2 amide bonds. The first-order valence-electron chi connectivity index (χ1n) is 6.00. The third-order valence-electron chi connectivity index (χ3n) is 2.66. The fourth-order valence-corrected chi connectivity index (χ4v) is 2.26. The Labute approximate surface area is 126 Å². The van der Waals surface area contributed by atoms with Gasteiger partial charge in [0, 0.05) is 10.1 Å². The van der Waals surface area contributed by atoms with Crippen LogP contribution < -0.4 is 10.6 Å². The molecule has 3 nitrogen and oxygen atoms in total. The highest BCUT2D eigenvalue weighted by Gasteiger charge is 2.04. The van der Waals surface area contributed by atoms with E-state index in [1.807, 2.05) is 49.4 Å². The van der Waals surface area contributed by atoms with Crippen molar-refractivity contribution in [1.29, 1.82) is 0 Å². The van der Waals surface area contributed by atoms with Gasteiger partial charge in [-0.05, 0) is 47.2 Å². The van der Waals surface area contributed by atoms with E-state index in [4.69, 9.17) is 0 Å². The van der Waals surface area contributed by atoms with Crippen LogP contribution in [-0.2, 0) is 6.54 Å². The van der Waals surface area contributed by atoms with Crippen LogP contribution in [0.4, 0.5) is 10.5 Å². The zero-order valence-corrected chi connectivity index (χ0v) is 12.8. The molecule has 0 unspecified atom stereocenters. The lowest BCUT2D eigenvalue weighted by molar-refractivity contribution is 0.251. The van der Waals surface area contributed by atoms with Crippen molar-refractivity contribution < 1.29 is 4.79 Å². The zero-order chi connectivity index (χ0) is 13.7. The van der Waals surface area contributed by atoms with Crippen molar-refractivity contribution >= 4 is 34.3 Å². The predicted octanol–water partition coefficient (Wildman–Crippen LogP) is 3.92. The lowest BCUT2D eigenvalue weighted by Gasteiger charge is -2.09. The van der Waals surface area contributed by atoms with Gasteiger partial charge in [-0.15, -0.1) is 0 Å². The van der Waals surface area contributed by atoms with Crippen molar-refractivity contribution in [2.45, 2.75) is 13.5 Å². The summed E-state index contributed by atoms with van der Waals surface area (Å²) in [4.78, 5) is 11.8. The quantitative estimate of drug-likeness (QED) is 0.795. The van der Waals surface area contributed by atoms with Gasteiger partial charge in [0.15, 0.2) is 0 Å². The predicted molar refractivity (Wildman–Crippen MR) is 86.2 cm³/mol. The van der Waals surface area contributed by atoms with Gasteiger partial charge in [-0.1, -0.05) is 42.0 Å². The Hall–Kier alpha value is -1.56. The van der Waals surface area contributed by atoms with Crippen LogP contribution in [-0.4, -0.2) is 6.03 Å². The standard InChI is InChI=1S/C15H15IN2O/c1-11-5-4-6-12(9-11)10-17-15(19)18-14-8-3-2-7-13(14)16/h2-9H,10H2,1H3,(H2,17,18,19). The molecule has 0 aromatic heterocycles. The van der Waals surface area contributed by atoms with Gasteiger partial charge in [-0.2, -0.15) is 0 Å². The van der Waals surface area contributed by atoms with Gasteiger partial charge in [0.1, 0.15) is 0 Å². The van der Waals surface area contributed by atoms with E-state index >= 15 is 0 Å². The minimum atomic E-state index is -0.189. The second-order valence-corrected chi connectivity index (χ2v) is 5.44. The van der Waals surface area contributed by atoms with E-state index in [0.717, 1.165) is 14.8 Å². The topological polar surface area (TPSA) is 41.1 Å². The lowest BCUT2D eigenvalue weighted by Crippen LogP contribution is -2.28. The van der Waals surface area contributed by atoms with Gasteiger partial charge >= 0.3 is 6.03 Å². The Morgan fingerprint density at radius 2 is 1.95 bits per heavy atom. The number of carbonyl (C=O) groups is 1. The Kier molecular flexibility index (Phi) is 4.79. The molecule has 2 aromatic rings. The SMILES string of the molecule is Cc1cccc(CNC(=O)Nc2ccccc2I)c1. The molecule has 4 heteroatoms. The molecule has 0 bridgehead atoms. The summed E-state index contributed by atoms with van der Waals surface area (Å²) in [5.74, 6) is 0. The maximum atomic E-state index is 11.8. The van der Waals surface area contributed by atoms with Crippen LogP contribution in [0.2, 0.25) is 0 Å². The summed E-state index contributed by atoms with van der Waals surface area (Å²) >= 11 is 2.20. The third kappa shape index (κ3) is 4.24. The normalized spacial score (nSPS) is 10.0. The Bertz CT molecular complexity index is 584. The molecule has 0 radical (unpaired) electrons. The van der Waals surface area contributed by atoms with Gasteiger partial charge in [0.05, 0.1) is 5.69 Å². The molecule has 2 N–H and O–H groups in total. The van der Waals surface area contributed by atoms with Crippen molar-refractivity contribution in [3.8, 4) is 0 Å². The fourth-order valence-electron chi connectivity index (χ4n) is 1.73. The average Bonchev–Trinajstić information content (AvgIpc) is 2.39. The largest absolute Gasteiger partial charge is 0.334 e. The van der Waals surface area contributed by atoms with Crippen molar-refractivity contribution in [3.63, 3.8) is 0 Å². The molecule has 0 aliphatic rings. The number of benzene rings is 2. The molecule has 0 aliphatic heterocycles. The summed E-state index contributed by atoms with van der Waals surface area (Å²) in [6, 6.07) is 15.6. The lowest BCUT2D eigenvalue weighted by atomic mass is 10.1. The van der Waals surface area contributed by atoms with Crippen LogP contribution in [0, 0.1) is 10.5 Å². The van der Waals surface area contributed by atoms with Crippen LogP contribution in [0.25, 0.3) is 0 Å². The van der Waals surface area contributed by atoms with Crippen LogP contribution in [0.5, 0.6) is 0 Å². The maximum Gasteiger partial charge on any atom is 0.319 e. The summed E-state index contributed by atoms with van der Waals surface area (Å²) in [5.41, 5.74) is 3.11. The molecule has 0 atom stereocenters. The number of aryl methyl sites for hydroxylation is 1. The molecule has 0 saturated heterocycles. The number of anilines is 1. The molecule has 2 aromatic carbocycles. The van der Waals surface area contributed by atoms with Crippen molar-refractivity contribution in [2.75, 3.05) is 5.32 Å². The first kappa shape index (κ1) is 13.9. The van der Waals surface area contributed by atoms with E-state index in [1.54, 1.807) is 0 Å². The van der Waals surface area contributed by atoms with E-state index < -0.39 is 0 Å². The van der Waals surface area contributed by atoms with Gasteiger partial charge in [-0.3, -0.25) is 0 Å². The molecular weight excluding hydrogens is 351 g/mol. The van der Waals surface area contributed by atoms with Crippen molar-refractivity contribution in [2.24, 2.45) is 0 Å². The number of para-hydroxylation sites is 1. The monoisotopic (exact) mass is 366 g/mol. The molecule has 98 valence electrons. The molecule has 0 heterocycles. The number of hydrogen-bond acceptors (Lipinski definition) is 1. The molecular formula is C15H15IN2O. The van der Waals surface area contributed by atoms with Gasteiger partial charge in [0.25, 0.3) is 0 Å². The number of urea groups is 1. The Morgan fingerprint density at radius 1 is 1.16 bits per heavy atom. The zero-order valence-electron chi connectivity index (χ0n) is 10.6. The highest BCUT2D eigenvalue weighted by molar-refractivity contribution is 14.1. The van der Waals surface area contributed by atoms with Crippen LogP contribution in [0.3, 0.4) is 0 Å². The van der Waals surface area contributed by atoms with Gasteiger partial charge in [0.2, 0.25) is 0 Å². The van der Waals surface area contributed by atoms with E-state index in [0.29, 0.717) is 6.54 Å². The molecule has 0 aliphatic carbocycles. The smallest absolute Gasteiger partial charge is 0.319 e. The number of rotatable bonds is 3. The molecule has 0 saturated carbocycles. The summed E-state index contributed by atoms with van der Waals surface area (Å²) in [6.07, 6.45) is 0. The summed E-state index contributed by atoms with van der Waals surface area (Å²) in [7, 11) is 0. The number of halogens is 1. The van der Waals surface area contributed by atoms with Crippen LogP contribution in [0.15, 0.2) is 48.5 Å². The minimum Gasteiger partial charge on any atom is -0.334 e. The summed E-state index contributed by atoms with van der Waals surface area (Å²) in [6.45, 7) is 2.56. The minimum absolute atomic E-state index is 0.189. The van der Waals surface area contributed by atoms with Gasteiger partial charge < -0.3 is 10.6 Å². The van der Waals surface area contributed by atoms with Crippen molar-refractivity contribution in [3.05, 3.63) is 63.2 Å².